The largest absolute Gasteiger partial charge is 0.332 e. The summed E-state index contributed by atoms with van der Waals surface area (Å²) in [7, 11) is 0. The molecule has 0 amide bonds. The summed E-state index contributed by atoms with van der Waals surface area (Å²) in [4.78, 5) is 4.16. The zero-order chi connectivity index (χ0) is 10.9. The molecule has 1 aliphatic rings. The van der Waals surface area contributed by atoms with Gasteiger partial charge in [-0.05, 0) is 26.7 Å². The Hall–Kier alpha value is -1.34. The number of nitriles is 1. The number of hydrogen-bond donors (Lipinski definition) is 1. The zero-order valence-electron chi connectivity index (χ0n) is 9.20. The van der Waals surface area contributed by atoms with Crippen molar-refractivity contribution in [3.05, 3.63) is 18.2 Å². The second-order valence-electron chi connectivity index (χ2n) is 4.46. The van der Waals surface area contributed by atoms with Gasteiger partial charge in [-0.15, -0.1) is 0 Å². The van der Waals surface area contributed by atoms with Crippen LogP contribution < -0.4 is 5.32 Å². The minimum Gasteiger partial charge on any atom is -0.332 e. The molecule has 0 bridgehead atoms. The minimum atomic E-state index is -0.480. The summed E-state index contributed by atoms with van der Waals surface area (Å²) in [5.41, 5.74) is -0.480. The van der Waals surface area contributed by atoms with Crippen molar-refractivity contribution in [2.75, 3.05) is 0 Å². The van der Waals surface area contributed by atoms with Crippen LogP contribution in [0, 0.1) is 18.3 Å². The first-order valence-corrected chi connectivity index (χ1v) is 5.30. The van der Waals surface area contributed by atoms with Crippen molar-refractivity contribution >= 4 is 0 Å². The molecule has 15 heavy (non-hydrogen) atoms. The molecule has 1 fully saturated rings. The van der Waals surface area contributed by atoms with Crippen LogP contribution in [0.15, 0.2) is 12.4 Å². The minimum absolute atomic E-state index is 0.480. The molecule has 0 aromatic carbocycles. The molecular formula is C11H16N4. The normalized spacial score (nSPS) is 19.5. The van der Waals surface area contributed by atoms with E-state index in [1.165, 1.54) is 12.8 Å². The van der Waals surface area contributed by atoms with Crippen LogP contribution in [0.4, 0.5) is 0 Å². The molecule has 1 aromatic heterocycles. The third kappa shape index (κ3) is 2.37. The summed E-state index contributed by atoms with van der Waals surface area (Å²) < 4.78 is 2.01. The van der Waals surface area contributed by atoms with Crippen LogP contribution in [0.5, 0.6) is 0 Å². The molecule has 1 N–H and O–H groups in total. The summed E-state index contributed by atoms with van der Waals surface area (Å²) >= 11 is 0. The average molecular weight is 204 g/mol. The smallest absolute Gasteiger partial charge is 0.122 e. The van der Waals surface area contributed by atoms with Crippen molar-refractivity contribution in [3.63, 3.8) is 0 Å². The summed E-state index contributed by atoms with van der Waals surface area (Å²) in [5, 5.41) is 12.6. The molecule has 0 saturated heterocycles. The van der Waals surface area contributed by atoms with E-state index in [0.717, 1.165) is 5.82 Å². The van der Waals surface area contributed by atoms with Gasteiger partial charge in [0.05, 0.1) is 12.6 Å². The molecule has 80 valence electrons. The molecule has 0 radical (unpaired) electrons. The van der Waals surface area contributed by atoms with Gasteiger partial charge in [-0.25, -0.2) is 4.98 Å². The Kier molecular flexibility index (Phi) is 2.49. The van der Waals surface area contributed by atoms with Crippen LogP contribution in [0.3, 0.4) is 0 Å². The van der Waals surface area contributed by atoms with E-state index >= 15 is 0 Å². The van der Waals surface area contributed by atoms with Crippen LogP contribution in [0.1, 0.15) is 25.6 Å². The fraction of sp³-hybridized carbons (Fsp3) is 0.636. The van der Waals surface area contributed by atoms with Gasteiger partial charge in [0.15, 0.2) is 0 Å². The summed E-state index contributed by atoms with van der Waals surface area (Å²) in [6.07, 6.45) is 6.07. The first-order valence-electron chi connectivity index (χ1n) is 5.30. The van der Waals surface area contributed by atoms with E-state index in [1.807, 2.05) is 24.6 Å². The molecule has 4 heteroatoms. The lowest BCUT2D eigenvalue weighted by molar-refractivity contribution is 0.381. The summed E-state index contributed by atoms with van der Waals surface area (Å²) in [6.45, 7) is 4.56. The number of imidazole rings is 1. The van der Waals surface area contributed by atoms with Crippen molar-refractivity contribution in [2.24, 2.45) is 0 Å². The SMILES string of the molecule is Cc1nccn1CC(C)(C#N)NC1CC1. The van der Waals surface area contributed by atoms with E-state index < -0.39 is 5.54 Å². The summed E-state index contributed by atoms with van der Waals surface area (Å²) in [6, 6.07) is 2.90. The topological polar surface area (TPSA) is 53.6 Å². The second kappa shape index (κ2) is 3.67. The van der Waals surface area contributed by atoms with E-state index in [4.69, 9.17) is 0 Å². The second-order valence-corrected chi connectivity index (χ2v) is 4.46. The first-order chi connectivity index (χ1) is 7.13. The number of rotatable bonds is 4. The van der Waals surface area contributed by atoms with Crippen LogP contribution in [0.25, 0.3) is 0 Å². The number of aryl methyl sites for hydroxylation is 1. The molecule has 1 atom stereocenters. The Balaban J connectivity index is 2.07. The van der Waals surface area contributed by atoms with Gasteiger partial charge in [0.1, 0.15) is 11.4 Å². The van der Waals surface area contributed by atoms with Gasteiger partial charge in [-0.3, -0.25) is 5.32 Å². The van der Waals surface area contributed by atoms with Crippen molar-refractivity contribution in [2.45, 2.75) is 44.8 Å². The predicted molar refractivity (Wildman–Crippen MR) is 57.1 cm³/mol. The summed E-state index contributed by atoms with van der Waals surface area (Å²) in [5.74, 6) is 0.953. The Bertz CT molecular complexity index is 386. The molecule has 0 aliphatic heterocycles. The highest BCUT2D eigenvalue weighted by Crippen LogP contribution is 2.23. The lowest BCUT2D eigenvalue weighted by Crippen LogP contribution is -2.46. The van der Waals surface area contributed by atoms with Gasteiger partial charge in [-0.2, -0.15) is 5.26 Å². The highest BCUT2D eigenvalue weighted by Gasteiger charge is 2.32. The number of aromatic nitrogens is 2. The van der Waals surface area contributed by atoms with E-state index in [-0.39, 0.29) is 0 Å². The van der Waals surface area contributed by atoms with E-state index in [1.54, 1.807) is 6.20 Å². The van der Waals surface area contributed by atoms with Crippen LogP contribution in [-0.4, -0.2) is 21.1 Å². The molecule has 1 aliphatic carbocycles. The molecule has 1 saturated carbocycles. The van der Waals surface area contributed by atoms with Gasteiger partial charge >= 0.3 is 0 Å². The molecular weight excluding hydrogens is 188 g/mol. The quantitative estimate of drug-likeness (QED) is 0.802. The number of nitrogens with zero attached hydrogens (tertiary/aromatic N) is 3. The molecule has 2 rings (SSSR count). The Morgan fingerprint density at radius 1 is 1.73 bits per heavy atom. The van der Waals surface area contributed by atoms with Gasteiger partial charge < -0.3 is 4.57 Å². The highest BCUT2D eigenvalue weighted by atomic mass is 15.1. The zero-order valence-corrected chi connectivity index (χ0v) is 9.20. The highest BCUT2D eigenvalue weighted by molar-refractivity contribution is 5.08. The van der Waals surface area contributed by atoms with Crippen molar-refractivity contribution < 1.29 is 0 Å². The van der Waals surface area contributed by atoms with Gasteiger partial charge in [-0.1, -0.05) is 0 Å². The molecule has 1 unspecified atom stereocenters. The molecule has 4 nitrogen and oxygen atoms in total. The lowest BCUT2D eigenvalue weighted by atomic mass is 10.0. The van der Waals surface area contributed by atoms with Crippen molar-refractivity contribution in [1.29, 1.82) is 5.26 Å². The van der Waals surface area contributed by atoms with Gasteiger partial charge in [0, 0.05) is 18.4 Å². The fourth-order valence-corrected chi connectivity index (χ4v) is 1.70. The first kappa shape index (κ1) is 10.2. The average Bonchev–Trinajstić information content (AvgIpc) is 2.92. The monoisotopic (exact) mass is 204 g/mol. The van der Waals surface area contributed by atoms with E-state index in [2.05, 4.69) is 16.4 Å². The van der Waals surface area contributed by atoms with E-state index in [0.29, 0.717) is 12.6 Å². The lowest BCUT2D eigenvalue weighted by Gasteiger charge is -2.24. The number of hydrogen-bond acceptors (Lipinski definition) is 3. The fourth-order valence-electron chi connectivity index (χ4n) is 1.70. The maximum absolute atomic E-state index is 9.21. The standard InChI is InChI=1S/C11H16N4/c1-9-13-5-6-15(9)8-11(2,7-12)14-10-3-4-10/h5-6,10,14H,3-4,8H2,1-2H3. The molecule has 0 spiro atoms. The third-order valence-electron chi connectivity index (χ3n) is 2.76. The third-order valence-corrected chi connectivity index (χ3v) is 2.76. The van der Waals surface area contributed by atoms with Gasteiger partial charge in [0.2, 0.25) is 0 Å². The predicted octanol–water partition coefficient (Wildman–Crippen LogP) is 1.23. The maximum atomic E-state index is 9.21. The van der Waals surface area contributed by atoms with Crippen LogP contribution in [0.2, 0.25) is 0 Å². The molecule has 1 aromatic rings. The Labute approximate surface area is 89.9 Å². The molecule has 1 heterocycles. The maximum Gasteiger partial charge on any atom is 0.122 e. The Morgan fingerprint density at radius 2 is 2.47 bits per heavy atom. The van der Waals surface area contributed by atoms with Crippen LogP contribution >= 0.6 is 0 Å². The van der Waals surface area contributed by atoms with Gasteiger partial charge in [0.25, 0.3) is 0 Å². The van der Waals surface area contributed by atoms with E-state index in [9.17, 15) is 5.26 Å². The van der Waals surface area contributed by atoms with Crippen LogP contribution in [-0.2, 0) is 6.54 Å². The van der Waals surface area contributed by atoms with Crippen molar-refractivity contribution in [1.82, 2.24) is 14.9 Å². The Morgan fingerprint density at radius 3 is 2.93 bits per heavy atom. The van der Waals surface area contributed by atoms with Crippen molar-refractivity contribution in [3.8, 4) is 6.07 Å². The number of nitrogens with one attached hydrogen (secondary N) is 1.